The van der Waals surface area contributed by atoms with E-state index < -0.39 is 18.1 Å². The van der Waals surface area contributed by atoms with Crippen molar-refractivity contribution in [2.24, 2.45) is 5.73 Å². The third kappa shape index (κ3) is 1.50. The first kappa shape index (κ1) is 9.22. The fraction of sp³-hybridized carbons (Fsp3) is 1.00. The Bertz CT molecular complexity index is 148. The lowest BCUT2D eigenvalue weighted by molar-refractivity contribution is -0.159. The number of hydrogen-bond acceptors (Lipinski definition) is 3. The summed E-state index contributed by atoms with van der Waals surface area (Å²) in [4.78, 5) is 0. The summed E-state index contributed by atoms with van der Waals surface area (Å²) < 4.78 is 25.7. The number of hydrogen-bond donors (Lipinski definition) is 2. The molecule has 1 fully saturated rings. The average molecular weight is 183 g/mol. The Morgan fingerprint density at radius 2 is 2.27 bits per heavy atom. The van der Waals surface area contributed by atoms with E-state index in [1.165, 1.54) is 11.8 Å². The molecule has 1 aliphatic heterocycles. The first-order valence-electron chi connectivity index (χ1n) is 3.40. The van der Waals surface area contributed by atoms with Crippen LogP contribution in [-0.2, 0) is 0 Å². The quantitative estimate of drug-likeness (QED) is 0.653. The summed E-state index contributed by atoms with van der Waals surface area (Å²) in [5.41, 5.74) is 3.00. The molecule has 66 valence electrons. The van der Waals surface area contributed by atoms with Gasteiger partial charge in [0.25, 0.3) is 5.92 Å². The topological polar surface area (TPSA) is 46.2 Å². The molecule has 0 bridgehead atoms. The maximum absolute atomic E-state index is 12.9. The second-order valence-corrected chi connectivity index (χ2v) is 3.85. The van der Waals surface area contributed by atoms with Gasteiger partial charge in [-0.15, -0.1) is 0 Å². The second-order valence-electron chi connectivity index (χ2n) is 2.74. The van der Waals surface area contributed by atoms with Gasteiger partial charge >= 0.3 is 0 Å². The smallest absolute Gasteiger partial charge is 0.288 e. The number of thioether (sulfide) groups is 1. The average Bonchev–Trinajstić information content (AvgIpc) is 2.38. The van der Waals surface area contributed by atoms with Crippen LogP contribution in [0.1, 0.15) is 6.42 Å². The number of aliphatic hydroxyl groups is 1. The summed E-state index contributed by atoms with van der Waals surface area (Å²) in [6.07, 6.45) is 0.141. The monoisotopic (exact) mass is 183 g/mol. The highest BCUT2D eigenvalue weighted by molar-refractivity contribution is 7.99. The maximum Gasteiger partial charge on any atom is 0.288 e. The normalized spacial score (nSPS) is 32.7. The van der Waals surface area contributed by atoms with Gasteiger partial charge in [-0.05, 0) is 12.2 Å². The van der Waals surface area contributed by atoms with Crippen LogP contribution in [0, 0.1) is 0 Å². The minimum Gasteiger partial charge on any atom is -0.383 e. The molecular weight excluding hydrogens is 172 g/mol. The highest BCUT2D eigenvalue weighted by Crippen LogP contribution is 2.39. The van der Waals surface area contributed by atoms with Crippen molar-refractivity contribution in [1.82, 2.24) is 0 Å². The van der Waals surface area contributed by atoms with E-state index in [0.29, 0.717) is 5.75 Å². The molecule has 1 saturated heterocycles. The minimum atomic E-state index is -3.13. The van der Waals surface area contributed by atoms with Gasteiger partial charge in [-0.25, -0.2) is 8.78 Å². The molecule has 0 spiro atoms. The molecule has 0 aliphatic carbocycles. The molecule has 5 heteroatoms. The predicted molar refractivity (Wildman–Crippen MR) is 40.9 cm³/mol. The standard InChI is InChI=1S/C6H11F2NOS/c7-6(8,3-9)5(10)1-2-11-4-5/h10H,1-4,9H2. The molecule has 0 aromatic carbocycles. The Kier molecular flexibility index (Phi) is 2.41. The van der Waals surface area contributed by atoms with Gasteiger partial charge in [-0.2, -0.15) is 11.8 Å². The molecule has 1 atom stereocenters. The van der Waals surface area contributed by atoms with Crippen molar-refractivity contribution >= 4 is 11.8 Å². The highest BCUT2D eigenvalue weighted by atomic mass is 32.2. The van der Waals surface area contributed by atoms with E-state index >= 15 is 0 Å². The number of halogens is 2. The zero-order valence-electron chi connectivity index (χ0n) is 6.02. The first-order chi connectivity index (χ1) is 5.02. The minimum absolute atomic E-state index is 0.0944. The lowest BCUT2D eigenvalue weighted by Crippen LogP contribution is -2.52. The van der Waals surface area contributed by atoms with Crippen molar-refractivity contribution in [3.63, 3.8) is 0 Å². The van der Waals surface area contributed by atoms with Crippen LogP contribution in [0.4, 0.5) is 8.78 Å². The molecule has 2 nitrogen and oxygen atoms in total. The van der Waals surface area contributed by atoms with Crippen molar-refractivity contribution in [1.29, 1.82) is 0 Å². The predicted octanol–water partition coefficient (Wildman–Crippen LogP) is 0.448. The van der Waals surface area contributed by atoms with Gasteiger partial charge in [0.1, 0.15) is 5.60 Å². The van der Waals surface area contributed by atoms with Gasteiger partial charge in [-0.1, -0.05) is 0 Å². The van der Waals surface area contributed by atoms with Crippen LogP contribution in [0.2, 0.25) is 0 Å². The van der Waals surface area contributed by atoms with Crippen molar-refractivity contribution in [3.05, 3.63) is 0 Å². The molecule has 0 aromatic rings. The second kappa shape index (κ2) is 2.88. The number of alkyl halides is 2. The lowest BCUT2D eigenvalue weighted by Gasteiger charge is -2.30. The van der Waals surface area contributed by atoms with Crippen molar-refractivity contribution in [2.45, 2.75) is 17.9 Å². The Balaban J connectivity index is 2.69. The zero-order chi connectivity index (χ0) is 8.54. The van der Waals surface area contributed by atoms with Crippen molar-refractivity contribution in [2.75, 3.05) is 18.1 Å². The summed E-state index contributed by atoms with van der Waals surface area (Å²) in [6.45, 7) is -0.774. The fourth-order valence-corrected chi connectivity index (χ4v) is 2.35. The van der Waals surface area contributed by atoms with Crippen LogP contribution in [0.3, 0.4) is 0 Å². The van der Waals surface area contributed by atoms with Crippen LogP contribution in [-0.4, -0.2) is 34.7 Å². The molecule has 0 amide bonds. The van der Waals surface area contributed by atoms with Crippen LogP contribution < -0.4 is 5.73 Å². The molecule has 1 aliphatic rings. The van der Waals surface area contributed by atoms with Gasteiger partial charge in [0, 0.05) is 5.75 Å². The van der Waals surface area contributed by atoms with E-state index in [1.807, 2.05) is 0 Å². The maximum atomic E-state index is 12.9. The molecule has 3 N–H and O–H groups in total. The molecule has 11 heavy (non-hydrogen) atoms. The van der Waals surface area contributed by atoms with Gasteiger partial charge in [0.05, 0.1) is 6.54 Å². The fourth-order valence-electron chi connectivity index (χ4n) is 1.03. The Morgan fingerprint density at radius 3 is 2.64 bits per heavy atom. The largest absolute Gasteiger partial charge is 0.383 e. The first-order valence-corrected chi connectivity index (χ1v) is 4.55. The Labute approximate surface area is 68.1 Å². The van der Waals surface area contributed by atoms with E-state index in [-0.39, 0.29) is 12.2 Å². The van der Waals surface area contributed by atoms with Gasteiger partial charge in [0.2, 0.25) is 0 Å². The van der Waals surface area contributed by atoms with Gasteiger partial charge < -0.3 is 10.8 Å². The SMILES string of the molecule is NCC(F)(F)C1(O)CCSC1. The van der Waals surface area contributed by atoms with Crippen LogP contribution >= 0.6 is 11.8 Å². The summed E-state index contributed by atoms with van der Waals surface area (Å²) in [6, 6.07) is 0. The van der Waals surface area contributed by atoms with E-state index in [1.54, 1.807) is 0 Å². The summed E-state index contributed by atoms with van der Waals surface area (Å²) in [5, 5.41) is 9.37. The summed E-state index contributed by atoms with van der Waals surface area (Å²) in [7, 11) is 0. The summed E-state index contributed by atoms with van der Waals surface area (Å²) in [5.74, 6) is -2.44. The van der Waals surface area contributed by atoms with Crippen LogP contribution in [0.25, 0.3) is 0 Å². The molecular formula is C6H11F2NOS. The lowest BCUT2D eigenvalue weighted by atomic mass is 9.95. The number of nitrogens with two attached hydrogens (primary N) is 1. The molecule has 0 saturated carbocycles. The molecule has 1 rings (SSSR count). The third-order valence-corrected chi connectivity index (χ3v) is 3.11. The van der Waals surface area contributed by atoms with Crippen LogP contribution in [0.15, 0.2) is 0 Å². The van der Waals surface area contributed by atoms with Gasteiger partial charge in [-0.3, -0.25) is 0 Å². The molecule has 0 aromatic heterocycles. The number of rotatable bonds is 2. The molecule has 0 radical (unpaired) electrons. The molecule has 1 heterocycles. The Hall–Kier alpha value is 0.130. The van der Waals surface area contributed by atoms with E-state index in [0.717, 1.165) is 0 Å². The van der Waals surface area contributed by atoms with E-state index in [9.17, 15) is 13.9 Å². The molecule has 1 unspecified atom stereocenters. The zero-order valence-corrected chi connectivity index (χ0v) is 6.83. The van der Waals surface area contributed by atoms with Gasteiger partial charge in [0.15, 0.2) is 0 Å². The third-order valence-electron chi connectivity index (χ3n) is 1.94. The van der Waals surface area contributed by atoms with E-state index in [2.05, 4.69) is 0 Å². The van der Waals surface area contributed by atoms with E-state index in [4.69, 9.17) is 5.73 Å². The van der Waals surface area contributed by atoms with Crippen LogP contribution in [0.5, 0.6) is 0 Å². The summed E-state index contributed by atoms with van der Waals surface area (Å²) >= 11 is 1.34. The van der Waals surface area contributed by atoms with Crippen molar-refractivity contribution in [3.8, 4) is 0 Å². The Morgan fingerprint density at radius 1 is 1.64 bits per heavy atom. The van der Waals surface area contributed by atoms with Crippen molar-refractivity contribution < 1.29 is 13.9 Å². The highest BCUT2D eigenvalue weighted by Gasteiger charge is 2.53.